The van der Waals surface area contributed by atoms with Gasteiger partial charge in [-0.05, 0) is 52.3 Å². The van der Waals surface area contributed by atoms with Gasteiger partial charge in [0.1, 0.15) is 0 Å². The second kappa shape index (κ2) is 6.47. The highest BCUT2D eigenvalue weighted by Crippen LogP contribution is 2.25. The van der Waals surface area contributed by atoms with Gasteiger partial charge in [0.15, 0.2) is 0 Å². The zero-order valence-electron chi connectivity index (χ0n) is 10.4. The lowest BCUT2D eigenvalue weighted by Crippen LogP contribution is -2.13. The number of carboxylic acid groups (broad SMARTS) is 1. The molecule has 1 amide bonds. The Kier molecular flexibility index (Phi) is 4.88. The minimum atomic E-state index is -1.08. The molecule has 0 saturated heterocycles. The first-order chi connectivity index (χ1) is 9.86. The van der Waals surface area contributed by atoms with Crippen molar-refractivity contribution in [3.63, 3.8) is 0 Å². The fourth-order valence-electron chi connectivity index (χ4n) is 1.63. The third kappa shape index (κ3) is 3.97. The van der Waals surface area contributed by atoms with Gasteiger partial charge in [0.2, 0.25) is 0 Å². The third-order valence-corrected chi connectivity index (χ3v) is 3.71. The molecule has 0 aliphatic heterocycles. The smallest absolute Gasteiger partial charge is 0.335 e. The molecule has 2 aromatic rings. The van der Waals surface area contributed by atoms with Gasteiger partial charge in [0.05, 0.1) is 11.3 Å². The predicted molar refractivity (Wildman–Crippen MR) is 85.5 cm³/mol. The first kappa shape index (κ1) is 15.8. The number of nitrogens with one attached hydrogen (secondary N) is 1. The summed E-state index contributed by atoms with van der Waals surface area (Å²) < 4.78 is 0.564. The van der Waals surface area contributed by atoms with Crippen molar-refractivity contribution in [3.05, 3.63) is 62.0 Å². The summed E-state index contributed by atoms with van der Waals surface area (Å²) in [5.41, 5.74) is 0.689. The molecule has 0 bridgehead atoms. The molecule has 2 N–H and O–H groups in total. The number of carboxylic acids is 1. The van der Waals surface area contributed by atoms with Crippen LogP contribution in [-0.2, 0) is 0 Å². The average molecular weight is 389 g/mol. The lowest BCUT2D eigenvalue weighted by molar-refractivity contribution is 0.0696. The molecule has 0 fully saturated rings. The molecule has 0 aliphatic carbocycles. The normalized spacial score (nSPS) is 10.2. The SMILES string of the molecule is O=C(O)c1ccc(Br)c(NC(=O)c2cc(Cl)cc(Cl)c2)c1. The first-order valence-electron chi connectivity index (χ1n) is 5.67. The number of benzene rings is 2. The molecule has 2 aromatic carbocycles. The van der Waals surface area contributed by atoms with E-state index in [4.69, 9.17) is 28.3 Å². The molecule has 0 saturated carbocycles. The number of hydrogen-bond acceptors (Lipinski definition) is 2. The van der Waals surface area contributed by atoms with Gasteiger partial charge in [0, 0.05) is 20.1 Å². The number of amides is 1. The summed E-state index contributed by atoms with van der Waals surface area (Å²) in [5.74, 6) is -1.52. The maximum atomic E-state index is 12.2. The highest BCUT2D eigenvalue weighted by atomic mass is 79.9. The van der Waals surface area contributed by atoms with E-state index in [0.29, 0.717) is 20.2 Å². The Hall–Kier alpha value is -1.56. The number of halogens is 3. The van der Waals surface area contributed by atoms with Gasteiger partial charge in [0.25, 0.3) is 5.91 Å². The number of hydrogen-bond donors (Lipinski definition) is 2. The van der Waals surface area contributed by atoms with Crippen LogP contribution in [0.5, 0.6) is 0 Å². The molecule has 21 heavy (non-hydrogen) atoms. The number of aromatic carboxylic acids is 1. The molecule has 2 rings (SSSR count). The van der Waals surface area contributed by atoms with Crippen molar-refractivity contribution >= 4 is 56.7 Å². The highest BCUT2D eigenvalue weighted by molar-refractivity contribution is 9.10. The topological polar surface area (TPSA) is 66.4 Å². The first-order valence-corrected chi connectivity index (χ1v) is 7.22. The summed E-state index contributed by atoms with van der Waals surface area (Å²) in [6.07, 6.45) is 0. The van der Waals surface area contributed by atoms with E-state index in [1.54, 1.807) is 6.07 Å². The van der Waals surface area contributed by atoms with Gasteiger partial charge >= 0.3 is 5.97 Å². The maximum Gasteiger partial charge on any atom is 0.335 e. The van der Waals surface area contributed by atoms with Crippen LogP contribution in [0.1, 0.15) is 20.7 Å². The van der Waals surface area contributed by atoms with Crippen LogP contribution in [0.3, 0.4) is 0 Å². The number of carbonyl (C=O) groups is 2. The van der Waals surface area contributed by atoms with Gasteiger partial charge in [-0.1, -0.05) is 23.2 Å². The van der Waals surface area contributed by atoms with E-state index in [9.17, 15) is 9.59 Å². The Bertz CT molecular complexity index is 714. The lowest BCUT2D eigenvalue weighted by Gasteiger charge is -2.09. The van der Waals surface area contributed by atoms with Crippen molar-refractivity contribution in [1.82, 2.24) is 0 Å². The van der Waals surface area contributed by atoms with Gasteiger partial charge in [-0.25, -0.2) is 4.79 Å². The van der Waals surface area contributed by atoms with Gasteiger partial charge in [-0.2, -0.15) is 0 Å². The van der Waals surface area contributed by atoms with E-state index in [0.717, 1.165) is 0 Å². The van der Waals surface area contributed by atoms with E-state index in [-0.39, 0.29) is 11.1 Å². The molecule has 0 heterocycles. The Labute approximate surface area is 138 Å². The van der Waals surface area contributed by atoms with Crippen LogP contribution in [0.4, 0.5) is 5.69 Å². The largest absolute Gasteiger partial charge is 0.478 e. The quantitative estimate of drug-likeness (QED) is 0.800. The number of anilines is 1. The molecule has 108 valence electrons. The van der Waals surface area contributed by atoms with Gasteiger partial charge < -0.3 is 10.4 Å². The molecule has 7 heteroatoms. The summed E-state index contributed by atoms with van der Waals surface area (Å²) in [5, 5.41) is 12.2. The fraction of sp³-hybridized carbons (Fsp3) is 0. The molecule has 0 spiro atoms. The van der Waals surface area contributed by atoms with Crippen LogP contribution in [0.15, 0.2) is 40.9 Å². The van der Waals surface area contributed by atoms with E-state index in [1.165, 1.54) is 30.3 Å². The van der Waals surface area contributed by atoms with Crippen LogP contribution in [0, 0.1) is 0 Å². The summed E-state index contributed by atoms with van der Waals surface area (Å²) in [6, 6.07) is 8.79. The monoisotopic (exact) mass is 387 g/mol. The van der Waals surface area contributed by atoms with E-state index in [1.807, 2.05) is 0 Å². The lowest BCUT2D eigenvalue weighted by atomic mass is 10.1. The van der Waals surface area contributed by atoms with Crippen LogP contribution in [0.2, 0.25) is 10.0 Å². The molecule has 0 radical (unpaired) electrons. The third-order valence-electron chi connectivity index (χ3n) is 2.59. The Morgan fingerprint density at radius 2 is 1.62 bits per heavy atom. The maximum absolute atomic E-state index is 12.2. The minimum absolute atomic E-state index is 0.0672. The second-order valence-electron chi connectivity index (χ2n) is 4.11. The molecule has 0 aliphatic rings. The van der Waals surface area contributed by atoms with Crippen LogP contribution >= 0.6 is 39.1 Å². The second-order valence-corrected chi connectivity index (χ2v) is 5.84. The summed E-state index contributed by atoms with van der Waals surface area (Å²) >= 11 is 14.9. The highest BCUT2D eigenvalue weighted by Gasteiger charge is 2.12. The van der Waals surface area contributed by atoms with E-state index >= 15 is 0 Å². The van der Waals surface area contributed by atoms with Crippen LogP contribution in [0.25, 0.3) is 0 Å². The summed E-state index contributed by atoms with van der Waals surface area (Å²) in [7, 11) is 0. The molecule has 0 atom stereocenters. The Morgan fingerprint density at radius 3 is 2.19 bits per heavy atom. The van der Waals surface area contributed by atoms with Crippen molar-refractivity contribution in [2.45, 2.75) is 0 Å². The molecular weight excluding hydrogens is 381 g/mol. The Balaban J connectivity index is 2.31. The van der Waals surface area contributed by atoms with Crippen molar-refractivity contribution < 1.29 is 14.7 Å². The Morgan fingerprint density at radius 1 is 1.00 bits per heavy atom. The zero-order valence-corrected chi connectivity index (χ0v) is 13.5. The van der Waals surface area contributed by atoms with Gasteiger partial charge in [-0.3, -0.25) is 4.79 Å². The van der Waals surface area contributed by atoms with E-state index < -0.39 is 11.9 Å². The molecule has 0 unspecified atom stereocenters. The minimum Gasteiger partial charge on any atom is -0.478 e. The molecular formula is C14H8BrCl2NO3. The zero-order chi connectivity index (χ0) is 15.6. The van der Waals surface area contributed by atoms with Crippen LogP contribution < -0.4 is 5.32 Å². The predicted octanol–water partition coefficient (Wildman–Crippen LogP) is 4.71. The van der Waals surface area contributed by atoms with Crippen LogP contribution in [-0.4, -0.2) is 17.0 Å². The van der Waals surface area contributed by atoms with Crippen molar-refractivity contribution in [2.75, 3.05) is 5.32 Å². The number of carbonyl (C=O) groups excluding carboxylic acids is 1. The summed E-state index contributed by atoms with van der Waals surface area (Å²) in [4.78, 5) is 23.1. The molecule has 0 aromatic heterocycles. The van der Waals surface area contributed by atoms with Crippen molar-refractivity contribution in [1.29, 1.82) is 0 Å². The standard InChI is InChI=1S/C14H8BrCl2NO3/c15-11-2-1-7(14(20)21)5-12(11)18-13(19)8-3-9(16)6-10(17)4-8/h1-6H,(H,18,19)(H,20,21). The van der Waals surface area contributed by atoms with Crippen molar-refractivity contribution in [3.8, 4) is 0 Å². The molecule has 4 nitrogen and oxygen atoms in total. The summed E-state index contributed by atoms with van der Waals surface area (Å²) in [6.45, 7) is 0. The van der Waals surface area contributed by atoms with E-state index in [2.05, 4.69) is 21.2 Å². The van der Waals surface area contributed by atoms with Crippen molar-refractivity contribution in [2.24, 2.45) is 0 Å². The fourth-order valence-corrected chi connectivity index (χ4v) is 2.51. The van der Waals surface area contributed by atoms with Gasteiger partial charge in [-0.15, -0.1) is 0 Å². The number of rotatable bonds is 3. The average Bonchev–Trinajstić information content (AvgIpc) is 2.39.